The molecule has 5 nitrogen and oxygen atoms in total. The van der Waals surface area contributed by atoms with E-state index in [1.165, 1.54) is 38.5 Å². The number of rotatable bonds is 7. The van der Waals surface area contributed by atoms with Gasteiger partial charge in [0.2, 0.25) is 0 Å². The van der Waals surface area contributed by atoms with Crippen molar-refractivity contribution in [3.63, 3.8) is 0 Å². The van der Waals surface area contributed by atoms with Gasteiger partial charge in [0.15, 0.2) is 5.96 Å². The standard InChI is InChI=1S/C18H36N4O/c1-18(2,22-11-13-23-14-12-22)15-21-17(19-3)20-10-6-9-16-7-4-5-8-16/h16H,4-15H2,1-3H3,(H2,19,20,21). The van der Waals surface area contributed by atoms with Gasteiger partial charge in [-0.15, -0.1) is 0 Å². The van der Waals surface area contributed by atoms with Crippen LogP contribution in [0.2, 0.25) is 0 Å². The molecular weight excluding hydrogens is 288 g/mol. The quantitative estimate of drug-likeness (QED) is 0.428. The molecule has 5 heteroatoms. The number of guanidine groups is 1. The summed E-state index contributed by atoms with van der Waals surface area (Å²) < 4.78 is 5.45. The summed E-state index contributed by atoms with van der Waals surface area (Å²) in [6.45, 7) is 10.2. The molecule has 1 heterocycles. The second-order valence-corrected chi connectivity index (χ2v) is 7.56. The lowest BCUT2D eigenvalue weighted by atomic mass is 10.0. The Hall–Kier alpha value is -0.810. The van der Waals surface area contributed by atoms with E-state index in [2.05, 4.69) is 34.4 Å². The van der Waals surface area contributed by atoms with Crippen LogP contribution in [0.25, 0.3) is 0 Å². The number of ether oxygens (including phenoxy) is 1. The molecule has 0 radical (unpaired) electrons. The predicted molar refractivity (Wildman–Crippen MR) is 97.0 cm³/mol. The van der Waals surface area contributed by atoms with E-state index in [9.17, 15) is 0 Å². The SMILES string of the molecule is CN=C(NCCCC1CCCC1)NCC(C)(C)N1CCOCC1. The van der Waals surface area contributed by atoms with Gasteiger partial charge in [0.05, 0.1) is 13.2 Å². The molecule has 134 valence electrons. The van der Waals surface area contributed by atoms with Crippen molar-refractivity contribution in [2.24, 2.45) is 10.9 Å². The molecule has 0 spiro atoms. The van der Waals surface area contributed by atoms with Gasteiger partial charge in [-0.3, -0.25) is 9.89 Å². The van der Waals surface area contributed by atoms with Crippen molar-refractivity contribution in [3.8, 4) is 0 Å². The highest BCUT2D eigenvalue weighted by molar-refractivity contribution is 5.79. The van der Waals surface area contributed by atoms with E-state index in [0.717, 1.165) is 51.3 Å². The Morgan fingerprint density at radius 3 is 2.52 bits per heavy atom. The zero-order valence-electron chi connectivity index (χ0n) is 15.4. The fourth-order valence-electron chi connectivity index (χ4n) is 3.70. The van der Waals surface area contributed by atoms with Crippen molar-refractivity contribution in [3.05, 3.63) is 0 Å². The molecule has 0 unspecified atom stereocenters. The predicted octanol–water partition coefficient (Wildman–Crippen LogP) is 2.23. The second-order valence-electron chi connectivity index (χ2n) is 7.56. The Morgan fingerprint density at radius 1 is 1.17 bits per heavy atom. The van der Waals surface area contributed by atoms with E-state index in [0.29, 0.717) is 0 Å². The topological polar surface area (TPSA) is 48.9 Å². The van der Waals surface area contributed by atoms with Crippen LogP contribution < -0.4 is 10.6 Å². The van der Waals surface area contributed by atoms with Gasteiger partial charge >= 0.3 is 0 Å². The summed E-state index contributed by atoms with van der Waals surface area (Å²) in [4.78, 5) is 6.85. The molecule has 0 aromatic heterocycles. The van der Waals surface area contributed by atoms with E-state index < -0.39 is 0 Å². The van der Waals surface area contributed by atoms with Crippen molar-refractivity contribution >= 4 is 5.96 Å². The number of nitrogens with zero attached hydrogens (tertiary/aromatic N) is 2. The lowest BCUT2D eigenvalue weighted by Crippen LogP contribution is -2.56. The van der Waals surface area contributed by atoms with E-state index >= 15 is 0 Å². The molecule has 2 aliphatic rings. The summed E-state index contributed by atoms with van der Waals surface area (Å²) in [5, 5.41) is 6.96. The first-order chi connectivity index (χ1) is 11.1. The summed E-state index contributed by atoms with van der Waals surface area (Å²) in [6.07, 6.45) is 8.39. The van der Waals surface area contributed by atoms with Gasteiger partial charge in [0.25, 0.3) is 0 Å². The van der Waals surface area contributed by atoms with Crippen LogP contribution in [-0.2, 0) is 4.74 Å². The van der Waals surface area contributed by atoms with Crippen LogP contribution in [0.5, 0.6) is 0 Å². The molecule has 2 N–H and O–H groups in total. The van der Waals surface area contributed by atoms with Crippen molar-refractivity contribution in [2.45, 2.75) is 57.9 Å². The van der Waals surface area contributed by atoms with Crippen molar-refractivity contribution in [2.75, 3.05) is 46.4 Å². The van der Waals surface area contributed by atoms with Gasteiger partial charge in [-0.2, -0.15) is 0 Å². The summed E-state index contributed by atoms with van der Waals surface area (Å²) in [6, 6.07) is 0. The molecule has 1 saturated heterocycles. The summed E-state index contributed by atoms with van der Waals surface area (Å²) in [5.74, 6) is 1.91. The number of nitrogens with one attached hydrogen (secondary N) is 2. The third-order valence-corrected chi connectivity index (χ3v) is 5.34. The summed E-state index contributed by atoms with van der Waals surface area (Å²) in [5.41, 5.74) is 0.116. The second kappa shape index (κ2) is 9.48. The molecule has 1 saturated carbocycles. The monoisotopic (exact) mass is 324 g/mol. The van der Waals surface area contributed by atoms with Gasteiger partial charge in [-0.25, -0.2) is 0 Å². The van der Waals surface area contributed by atoms with Crippen LogP contribution in [0, 0.1) is 5.92 Å². The molecule has 0 aromatic carbocycles. The minimum atomic E-state index is 0.116. The fourth-order valence-corrected chi connectivity index (χ4v) is 3.70. The Balaban J connectivity index is 1.63. The maximum Gasteiger partial charge on any atom is 0.191 e. The average molecular weight is 325 g/mol. The number of hydrogen-bond acceptors (Lipinski definition) is 3. The van der Waals surface area contributed by atoms with Crippen LogP contribution in [0.15, 0.2) is 4.99 Å². The van der Waals surface area contributed by atoms with Crippen LogP contribution in [-0.4, -0.2) is 62.8 Å². The van der Waals surface area contributed by atoms with E-state index in [1.54, 1.807) is 0 Å². The first-order valence-electron chi connectivity index (χ1n) is 9.39. The zero-order valence-corrected chi connectivity index (χ0v) is 15.4. The first-order valence-corrected chi connectivity index (χ1v) is 9.39. The Bertz CT molecular complexity index is 358. The molecule has 0 aromatic rings. The van der Waals surface area contributed by atoms with Gasteiger partial charge in [0.1, 0.15) is 0 Å². The molecule has 1 aliphatic heterocycles. The Labute approximate surface area is 142 Å². The Kier molecular flexibility index (Phi) is 7.63. The van der Waals surface area contributed by atoms with Crippen LogP contribution >= 0.6 is 0 Å². The maximum absolute atomic E-state index is 5.45. The van der Waals surface area contributed by atoms with Crippen molar-refractivity contribution < 1.29 is 4.74 Å². The van der Waals surface area contributed by atoms with Gasteiger partial charge in [0, 0.05) is 38.8 Å². The number of morpholine rings is 1. The molecule has 1 aliphatic carbocycles. The minimum Gasteiger partial charge on any atom is -0.379 e. The molecular formula is C18H36N4O. The van der Waals surface area contributed by atoms with E-state index in [4.69, 9.17) is 4.74 Å². The molecule has 2 fully saturated rings. The highest BCUT2D eigenvalue weighted by Gasteiger charge is 2.28. The van der Waals surface area contributed by atoms with E-state index in [-0.39, 0.29) is 5.54 Å². The van der Waals surface area contributed by atoms with Gasteiger partial charge < -0.3 is 15.4 Å². The van der Waals surface area contributed by atoms with Gasteiger partial charge in [-0.1, -0.05) is 25.7 Å². The average Bonchev–Trinajstić information content (AvgIpc) is 3.08. The summed E-state index contributed by atoms with van der Waals surface area (Å²) in [7, 11) is 1.86. The smallest absolute Gasteiger partial charge is 0.191 e. The highest BCUT2D eigenvalue weighted by atomic mass is 16.5. The van der Waals surface area contributed by atoms with Crippen LogP contribution in [0.1, 0.15) is 52.4 Å². The van der Waals surface area contributed by atoms with E-state index in [1.807, 2.05) is 7.05 Å². The maximum atomic E-state index is 5.45. The van der Waals surface area contributed by atoms with Crippen molar-refractivity contribution in [1.29, 1.82) is 0 Å². The Morgan fingerprint density at radius 2 is 1.87 bits per heavy atom. The highest BCUT2D eigenvalue weighted by Crippen LogP contribution is 2.28. The zero-order chi connectivity index (χ0) is 16.5. The number of hydrogen-bond donors (Lipinski definition) is 2. The molecule has 23 heavy (non-hydrogen) atoms. The lowest BCUT2D eigenvalue weighted by Gasteiger charge is -2.41. The summed E-state index contributed by atoms with van der Waals surface area (Å²) >= 11 is 0. The normalized spacial score (nSPS) is 21.6. The largest absolute Gasteiger partial charge is 0.379 e. The van der Waals surface area contributed by atoms with Crippen LogP contribution in [0.3, 0.4) is 0 Å². The van der Waals surface area contributed by atoms with Crippen LogP contribution in [0.4, 0.5) is 0 Å². The third kappa shape index (κ3) is 6.30. The molecule has 0 bridgehead atoms. The lowest BCUT2D eigenvalue weighted by molar-refractivity contribution is -0.00833. The fraction of sp³-hybridized carbons (Fsp3) is 0.944. The molecule has 0 amide bonds. The minimum absolute atomic E-state index is 0.116. The molecule has 0 atom stereocenters. The third-order valence-electron chi connectivity index (χ3n) is 5.34. The first kappa shape index (κ1) is 18.5. The van der Waals surface area contributed by atoms with Crippen molar-refractivity contribution in [1.82, 2.24) is 15.5 Å². The number of aliphatic imine (C=N–C) groups is 1. The van der Waals surface area contributed by atoms with Gasteiger partial charge in [-0.05, 0) is 32.6 Å². The molecule has 2 rings (SSSR count).